The largest absolute Gasteiger partial charge is 0.347 e. The third kappa shape index (κ3) is 2.91. The highest BCUT2D eigenvalue weighted by molar-refractivity contribution is 9.09. The van der Waals surface area contributed by atoms with Gasteiger partial charge in [0, 0.05) is 30.0 Å². The van der Waals surface area contributed by atoms with Gasteiger partial charge in [-0.05, 0) is 32.1 Å². The predicted octanol–water partition coefficient (Wildman–Crippen LogP) is 2.85. The number of hydrogen-bond donors (Lipinski definition) is 0. The van der Waals surface area contributed by atoms with Crippen LogP contribution in [0, 0.1) is 12.8 Å². The van der Waals surface area contributed by atoms with Crippen molar-refractivity contribution in [3.05, 3.63) is 5.82 Å². The Morgan fingerprint density at radius 2 is 2.33 bits per heavy atom. The van der Waals surface area contributed by atoms with Gasteiger partial charge in [0.1, 0.15) is 5.82 Å². The number of anilines is 1. The van der Waals surface area contributed by atoms with Gasteiger partial charge in [-0.15, -0.1) is 0 Å². The molecule has 0 N–H and O–H groups in total. The molecule has 15 heavy (non-hydrogen) atoms. The predicted molar refractivity (Wildman–Crippen MR) is 68.0 cm³/mol. The summed E-state index contributed by atoms with van der Waals surface area (Å²) in [6.07, 6.45) is 3.87. The van der Waals surface area contributed by atoms with E-state index < -0.39 is 0 Å². The normalized spacial score (nSPS) is 22.8. The quantitative estimate of drug-likeness (QED) is 0.784. The molecule has 1 unspecified atom stereocenters. The van der Waals surface area contributed by atoms with Crippen LogP contribution in [0.25, 0.3) is 0 Å². The fraction of sp³-hybridized carbons (Fsp3) is 0.800. The van der Waals surface area contributed by atoms with Gasteiger partial charge in [0.2, 0.25) is 5.13 Å². The van der Waals surface area contributed by atoms with Gasteiger partial charge < -0.3 is 4.90 Å². The average Bonchev–Trinajstić information content (AvgIpc) is 2.54. The lowest BCUT2D eigenvalue weighted by atomic mass is 10.0. The van der Waals surface area contributed by atoms with Crippen molar-refractivity contribution in [2.24, 2.45) is 5.92 Å². The molecule has 0 amide bonds. The van der Waals surface area contributed by atoms with Crippen molar-refractivity contribution in [3.8, 4) is 0 Å². The molecule has 0 aliphatic carbocycles. The van der Waals surface area contributed by atoms with Crippen molar-refractivity contribution in [1.29, 1.82) is 0 Å². The summed E-state index contributed by atoms with van der Waals surface area (Å²) < 4.78 is 4.24. The van der Waals surface area contributed by atoms with Crippen LogP contribution in [-0.4, -0.2) is 27.8 Å². The molecule has 1 atom stereocenters. The zero-order valence-corrected chi connectivity index (χ0v) is 11.4. The van der Waals surface area contributed by atoms with Crippen molar-refractivity contribution in [3.63, 3.8) is 0 Å². The third-order valence-electron chi connectivity index (χ3n) is 2.85. The lowest BCUT2D eigenvalue weighted by Gasteiger charge is -2.18. The Morgan fingerprint density at radius 1 is 1.47 bits per heavy atom. The first-order valence-electron chi connectivity index (χ1n) is 5.41. The molecule has 84 valence electrons. The van der Waals surface area contributed by atoms with Gasteiger partial charge in [-0.1, -0.05) is 15.9 Å². The van der Waals surface area contributed by atoms with E-state index in [4.69, 9.17) is 0 Å². The Balaban J connectivity index is 1.99. The van der Waals surface area contributed by atoms with Crippen molar-refractivity contribution in [2.45, 2.75) is 26.2 Å². The number of halogens is 1. The summed E-state index contributed by atoms with van der Waals surface area (Å²) in [6.45, 7) is 4.22. The molecular weight excluding hydrogens is 274 g/mol. The fourth-order valence-electron chi connectivity index (χ4n) is 1.93. The van der Waals surface area contributed by atoms with E-state index >= 15 is 0 Å². The molecule has 5 heteroatoms. The van der Waals surface area contributed by atoms with Crippen molar-refractivity contribution >= 4 is 32.6 Å². The Morgan fingerprint density at radius 3 is 3.00 bits per heavy atom. The van der Waals surface area contributed by atoms with E-state index in [-0.39, 0.29) is 0 Å². The molecule has 0 radical (unpaired) electrons. The summed E-state index contributed by atoms with van der Waals surface area (Å²) in [6, 6.07) is 0. The molecule has 2 heterocycles. The van der Waals surface area contributed by atoms with E-state index in [2.05, 4.69) is 30.2 Å². The first kappa shape index (κ1) is 11.3. The second kappa shape index (κ2) is 5.25. The van der Waals surface area contributed by atoms with E-state index in [1.165, 1.54) is 30.8 Å². The summed E-state index contributed by atoms with van der Waals surface area (Å²) in [5, 5.41) is 2.23. The molecule has 1 fully saturated rings. The summed E-state index contributed by atoms with van der Waals surface area (Å²) >= 11 is 5.11. The number of aryl methyl sites for hydroxylation is 1. The molecule has 0 aromatic carbocycles. The molecule has 1 saturated heterocycles. The first-order chi connectivity index (χ1) is 7.29. The van der Waals surface area contributed by atoms with Crippen LogP contribution in [0.3, 0.4) is 0 Å². The minimum absolute atomic E-state index is 0.837. The standard InChI is InChI=1S/C10H16BrN3S/c1-8-12-10(15-13-8)14-5-2-3-9(7-11)4-6-14/h9H,2-7H2,1H3. The summed E-state index contributed by atoms with van der Waals surface area (Å²) in [5.41, 5.74) is 0. The minimum Gasteiger partial charge on any atom is -0.347 e. The van der Waals surface area contributed by atoms with E-state index in [1.54, 1.807) is 0 Å². The van der Waals surface area contributed by atoms with Crippen molar-refractivity contribution in [1.82, 2.24) is 9.36 Å². The van der Waals surface area contributed by atoms with E-state index in [1.807, 2.05) is 6.92 Å². The highest BCUT2D eigenvalue weighted by Crippen LogP contribution is 2.24. The molecule has 0 bridgehead atoms. The topological polar surface area (TPSA) is 29.0 Å². The Hall–Kier alpha value is -0.160. The third-order valence-corrected chi connectivity index (χ3v) is 4.64. The van der Waals surface area contributed by atoms with Crippen LogP contribution < -0.4 is 4.90 Å². The Bertz CT molecular complexity index is 315. The zero-order chi connectivity index (χ0) is 10.7. The number of alkyl halides is 1. The van der Waals surface area contributed by atoms with Crippen LogP contribution in [0.5, 0.6) is 0 Å². The van der Waals surface area contributed by atoms with E-state index in [9.17, 15) is 0 Å². The van der Waals surface area contributed by atoms with Crippen LogP contribution in [0.15, 0.2) is 0 Å². The van der Waals surface area contributed by atoms with Crippen molar-refractivity contribution in [2.75, 3.05) is 23.3 Å². The second-order valence-corrected chi connectivity index (χ2v) is 5.44. The smallest absolute Gasteiger partial charge is 0.205 e. The molecular formula is C10H16BrN3S. The summed E-state index contributed by atoms with van der Waals surface area (Å²) in [7, 11) is 0. The first-order valence-corrected chi connectivity index (χ1v) is 7.30. The van der Waals surface area contributed by atoms with E-state index in [0.717, 1.165) is 35.3 Å². The highest BCUT2D eigenvalue weighted by Gasteiger charge is 2.18. The van der Waals surface area contributed by atoms with Gasteiger partial charge in [-0.2, -0.15) is 4.37 Å². The van der Waals surface area contributed by atoms with Crippen LogP contribution in [-0.2, 0) is 0 Å². The molecule has 0 saturated carbocycles. The number of rotatable bonds is 2. The maximum Gasteiger partial charge on any atom is 0.205 e. The minimum atomic E-state index is 0.837. The lowest BCUT2D eigenvalue weighted by molar-refractivity contribution is 0.533. The van der Waals surface area contributed by atoms with Gasteiger partial charge in [-0.3, -0.25) is 0 Å². The maximum absolute atomic E-state index is 4.45. The fourth-order valence-corrected chi connectivity index (χ4v) is 3.30. The monoisotopic (exact) mass is 289 g/mol. The van der Waals surface area contributed by atoms with Crippen LogP contribution in [0.1, 0.15) is 25.1 Å². The van der Waals surface area contributed by atoms with Gasteiger partial charge in [0.15, 0.2) is 0 Å². The molecule has 2 rings (SSSR count). The van der Waals surface area contributed by atoms with Gasteiger partial charge in [-0.25, -0.2) is 4.98 Å². The van der Waals surface area contributed by atoms with Crippen LogP contribution in [0.4, 0.5) is 5.13 Å². The highest BCUT2D eigenvalue weighted by atomic mass is 79.9. The van der Waals surface area contributed by atoms with Gasteiger partial charge >= 0.3 is 0 Å². The molecule has 1 aromatic rings. The summed E-state index contributed by atoms with van der Waals surface area (Å²) in [4.78, 5) is 6.83. The number of nitrogens with zero attached hydrogens (tertiary/aromatic N) is 3. The SMILES string of the molecule is Cc1nsc(N2CCCC(CBr)CC2)n1. The molecule has 3 nitrogen and oxygen atoms in total. The average molecular weight is 290 g/mol. The lowest BCUT2D eigenvalue weighted by Crippen LogP contribution is -2.24. The summed E-state index contributed by atoms with van der Waals surface area (Å²) in [5.74, 6) is 1.74. The molecule has 1 aliphatic rings. The van der Waals surface area contributed by atoms with E-state index in [0.29, 0.717) is 0 Å². The molecule has 0 spiro atoms. The second-order valence-electron chi connectivity index (χ2n) is 4.06. The number of hydrogen-bond acceptors (Lipinski definition) is 4. The molecule has 1 aliphatic heterocycles. The van der Waals surface area contributed by atoms with Crippen molar-refractivity contribution < 1.29 is 0 Å². The van der Waals surface area contributed by atoms with Gasteiger partial charge in [0.05, 0.1) is 0 Å². The Labute approximate surface area is 103 Å². The van der Waals surface area contributed by atoms with Crippen LogP contribution >= 0.6 is 27.5 Å². The maximum atomic E-state index is 4.45. The van der Waals surface area contributed by atoms with Gasteiger partial charge in [0.25, 0.3) is 0 Å². The Kier molecular flexibility index (Phi) is 3.97. The van der Waals surface area contributed by atoms with Crippen LogP contribution in [0.2, 0.25) is 0 Å². The zero-order valence-electron chi connectivity index (χ0n) is 8.95. The number of aromatic nitrogens is 2. The molecule has 1 aromatic heterocycles.